The van der Waals surface area contributed by atoms with E-state index in [0.29, 0.717) is 28.4 Å². The Kier molecular flexibility index (Phi) is 4.20. The van der Waals surface area contributed by atoms with Crippen LogP contribution in [-0.4, -0.2) is 23.4 Å². The Labute approximate surface area is 188 Å². The smallest absolute Gasteiger partial charge is 0.312 e. The van der Waals surface area contributed by atoms with E-state index in [9.17, 15) is 9.59 Å². The lowest BCUT2D eigenvalue weighted by molar-refractivity contribution is -0.135. The van der Waals surface area contributed by atoms with E-state index >= 15 is 0 Å². The lowest BCUT2D eigenvalue weighted by atomic mass is 9.88. The number of ketones is 1. The van der Waals surface area contributed by atoms with Crippen LogP contribution in [0.4, 0.5) is 0 Å². The van der Waals surface area contributed by atoms with Crippen LogP contribution in [0.1, 0.15) is 39.6 Å². The van der Waals surface area contributed by atoms with Crippen LogP contribution in [0.3, 0.4) is 0 Å². The van der Waals surface area contributed by atoms with Gasteiger partial charge in [0.25, 0.3) is 0 Å². The molecule has 0 radical (unpaired) electrons. The third-order valence-electron chi connectivity index (χ3n) is 6.18. The molecule has 0 bridgehead atoms. The number of aryl methyl sites for hydroxylation is 1. The van der Waals surface area contributed by atoms with E-state index in [1.165, 1.54) is 0 Å². The molecule has 0 amide bonds. The molecule has 2 aliphatic rings. The molecule has 2 aromatic carbocycles. The molecular formula is C26H19NO6. The second-order valence-electron chi connectivity index (χ2n) is 8.12. The number of furan rings is 1. The fourth-order valence-electron chi connectivity index (χ4n) is 4.62. The van der Waals surface area contributed by atoms with Gasteiger partial charge in [-0.1, -0.05) is 0 Å². The van der Waals surface area contributed by atoms with E-state index in [0.717, 1.165) is 22.2 Å². The largest absolute Gasteiger partial charge is 0.497 e. The Morgan fingerprint density at radius 3 is 2.79 bits per heavy atom. The Bertz CT molecular complexity index is 1470. The predicted molar refractivity (Wildman–Crippen MR) is 120 cm³/mol. The van der Waals surface area contributed by atoms with Crippen LogP contribution < -0.4 is 14.2 Å². The topological polar surface area (TPSA) is 79.9 Å². The van der Waals surface area contributed by atoms with Crippen molar-refractivity contribution >= 4 is 28.7 Å². The fraction of sp³-hybridized carbons (Fsp3) is 0.154. The van der Waals surface area contributed by atoms with Crippen LogP contribution in [0.25, 0.3) is 17.0 Å². The van der Waals surface area contributed by atoms with Crippen molar-refractivity contribution in [1.82, 2.24) is 4.57 Å². The number of carbonyl (C=O) groups excluding carboxylic acids is 2. The van der Waals surface area contributed by atoms with Crippen LogP contribution >= 0.6 is 0 Å². The molecule has 4 aromatic rings. The number of hydrogen-bond donors (Lipinski definition) is 0. The van der Waals surface area contributed by atoms with Crippen LogP contribution in [0.15, 0.2) is 65.1 Å². The monoisotopic (exact) mass is 441 g/mol. The summed E-state index contributed by atoms with van der Waals surface area (Å²) in [6.07, 6.45) is 5.35. The van der Waals surface area contributed by atoms with Crippen LogP contribution in [0.2, 0.25) is 0 Å². The number of esters is 1. The Balaban J connectivity index is 1.47. The Morgan fingerprint density at radius 1 is 1.12 bits per heavy atom. The molecule has 0 N–H and O–H groups in total. The van der Waals surface area contributed by atoms with Gasteiger partial charge in [0, 0.05) is 35.3 Å². The molecule has 2 aliphatic heterocycles. The van der Waals surface area contributed by atoms with Gasteiger partial charge >= 0.3 is 5.97 Å². The summed E-state index contributed by atoms with van der Waals surface area (Å²) >= 11 is 0. The van der Waals surface area contributed by atoms with Crippen molar-refractivity contribution in [3.05, 3.63) is 83.1 Å². The summed E-state index contributed by atoms with van der Waals surface area (Å²) in [5, 5.41) is 0.945. The highest BCUT2D eigenvalue weighted by molar-refractivity contribution is 6.15. The van der Waals surface area contributed by atoms with Crippen molar-refractivity contribution in [2.45, 2.75) is 12.3 Å². The fourth-order valence-corrected chi connectivity index (χ4v) is 4.62. The molecule has 0 spiro atoms. The Morgan fingerprint density at radius 2 is 2.00 bits per heavy atom. The zero-order valence-corrected chi connectivity index (χ0v) is 18.0. The molecule has 0 saturated heterocycles. The molecule has 2 aromatic heterocycles. The molecule has 7 nitrogen and oxygen atoms in total. The van der Waals surface area contributed by atoms with Crippen molar-refractivity contribution in [3.8, 4) is 17.2 Å². The van der Waals surface area contributed by atoms with Gasteiger partial charge in [-0.15, -0.1) is 0 Å². The molecular weight excluding hydrogens is 422 g/mol. The summed E-state index contributed by atoms with van der Waals surface area (Å²) in [5.41, 5.74) is 2.93. The summed E-state index contributed by atoms with van der Waals surface area (Å²) in [6, 6.07) is 12.7. The summed E-state index contributed by atoms with van der Waals surface area (Å²) in [7, 11) is 3.56. The van der Waals surface area contributed by atoms with Gasteiger partial charge in [-0.3, -0.25) is 9.59 Å². The standard InChI is InChI=1S/C26H19NO6/c1-27-13-14(17-11-15(30-2)5-7-19(17)27)10-22-25(29)16-6-8-21-24(26(16)33-22)18(12-23(28)32-21)20-4-3-9-31-20/h3-11,13,18H,12H2,1-2H3/b22-10-. The first-order valence-electron chi connectivity index (χ1n) is 10.5. The minimum absolute atomic E-state index is 0.108. The van der Waals surface area contributed by atoms with Gasteiger partial charge < -0.3 is 23.2 Å². The first-order valence-corrected chi connectivity index (χ1v) is 10.5. The lowest BCUT2D eigenvalue weighted by Gasteiger charge is -2.24. The zero-order chi connectivity index (χ0) is 22.7. The van der Waals surface area contributed by atoms with E-state index < -0.39 is 0 Å². The average molecular weight is 441 g/mol. The lowest BCUT2D eigenvalue weighted by Crippen LogP contribution is -2.21. The number of rotatable bonds is 3. The van der Waals surface area contributed by atoms with Gasteiger partial charge in [0.15, 0.2) is 5.76 Å². The molecule has 7 heteroatoms. The zero-order valence-electron chi connectivity index (χ0n) is 18.0. The summed E-state index contributed by atoms with van der Waals surface area (Å²) in [4.78, 5) is 25.4. The second-order valence-corrected chi connectivity index (χ2v) is 8.12. The molecule has 0 saturated carbocycles. The molecule has 164 valence electrons. The number of methoxy groups -OCH3 is 1. The number of hydrogen-bond acceptors (Lipinski definition) is 6. The van der Waals surface area contributed by atoms with E-state index in [1.807, 2.05) is 42.1 Å². The molecule has 0 aliphatic carbocycles. The van der Waals surface area contributed by atoms with Crippen LogP contribution in [0, 0.1) is 0 Å². The molecule has 6 rings (SSSR count). The third-order valence-corrected chi connectivity index (χ3v) is 6.18. The molecule has 1 unspecified atom stereocenters. The molecule has 33 heavy (non-hydrogen) atoms. The highest BCUT2D eigenvalue weighted by atomic mass is 16.5. The van der Waals surface area contributed by atoms with E-state index in [2.05, 4.69) is 0 Å². The number of Topliss-reactive ketones (excluding diaryl/α,β-unsaturated/α-hetero) is 1. The van der Waals surface area contributed by atoms with Gasteiger partial charge in [-0.2, -0.15) is 0 Å². The van der Waals surface area contributed by atoms with Gasteiger partial charge in [-0.05, 0) is 48.5 Å². The first kappa shape index (κ1) is 19.4. The normalized spacial score (nSPS) is 18.2. The van der Waals surface area contributed by atoms with Gasteiger partial charge in [0.1, 0.15) is 23.0 Å². The molecule has 1 atom stereocenters. The van der Waals surface area contributed by atoms with Crippen molar-refractivity contribution in [1.29, 1.82) is 0 Å². The number of benzene rings is 2. The van der Waals surface area contributed by atoms with Crippen LogP contribution in [-0.2, 0) is 11.8 Å². The van der Waals surface area contributed by atoms with Crippen molar-refractivity contribution in [3.63, 3.8) is 0 Å². The highest BCUT2D eigenvalue weighted by Gasteiger charge is 2.39. The third kappa shape index (κ3) is 2.96. The van der Waals surface area contributed by atoms with E-state index in [1.54, 1.807) is 37.6 Å². The number of ether oxygens (including phenoxy) is 3. The number of carbonyl (C=O) groups is 2. The maximum atomic E-state index is 13.3. The maximum absolute atomic E-state index is 13.3. The van der Waals surface area contributed by atoms with Crippen molar-refractivity contribution in [2.75, 3.05) is 7.11 Å². The van der Waals surface area contributed by atoms with E-state index in [-0.39, 0.29) is 29.9 Å². The number of aromatic nitrogens is 1. The van der Waals surface area contributed by atoms with Crippen molar-refractivity contribution < 1.29 is 28.2 Å². The Hall–Kier alpha value is -4.26. The highest BCUT2D eigenvalue weighted by Crippen LogP contribution is 2.49. The number of nitrogens with zero attached hydrogens (tertiary/aromatic N) is 1. The van der Waals surface area contributed by atoms with Gasteiger partial charge in [0.05, 0.1) is 31.3 Å². The predicted octanol–water partition coefficient (Wildman–Crippen LogP) is 4.84. The molecule has 0 fully saturated rings. The minimum Gasteiger partial charge on any atom is -0.497 e. The quantitative estimate of drug-likeness (QED) is 0.257. The van der Waals surface area contributed by atoms with Gasteiger partial charge in [0.2, 0.25) is 5.78 Å². The number of fused-ring (bicyclic) bond motifs is 4. The van der Waals surface area contributed by atoms with E-state index in [4.69, 9.17) is 18.6 Å². The summed E-state index contributed by atoms with van der Waals surface area (Å²) in [5.74, 6) is 1.40. The van der Waals surface area contributed by atoms with Crippen LogP contribution in [0.5, 0.6) is 17.2 Å². The maximum Gasteiger partial charge on any atom is 0.312 e. The molecule has 4 heterocycles. The first-order chi connectivity index (χ1) is 16.0. The SMILES string of the molecule is COc1ccc2c(c1)c(/C=C1\Oc3c(ccc4c3C(c3ccco3)CC(=O)O4)C1=O)cn2C. The minimum atomic E-state index is -0.389. The summed E-state index contributed by atoms with van der Waals surface area (Å²) < 4.78 is 24.5. The average Bonchev–Trinajstić information content (AvgIpc) is 3.53. The number of allylic oxidation sites excluding steroid dienone is 1. The van der Waals surface area contributed by atoms with Crippen molar-refractivity contribution in [2.24, 2.45) is 7.05 Å². The van der Waals surface area contributed by atoms with Gasteiger partial charge in [-0.25, -0.2) is 0 Å². The summed E-state index contributed by atoms with van der Waals surface area (Å²) in [6.45, 7) is 0. The second kappa shape index (κ2) is 7.13.